The summed E-state index contributed by atoms with van der Waals surface area (Å²) < 4.78 is 1.03. The minimum Gasteiger partial charge on any atom is -0.334 e. The minimum atomic E-state index is -0.219. The lowest BCUT2D eigenvalue weighted by Crippen LogP contribution is -2.47. The van der Waals surface area contributed by atoms with Crippen molar-refractivity contribution in [3.63, 3.8) is 0 Å². The molecular formula is C13H19BrN2O. The van der Waals surface area contributed by atoms with Gasteiger partial charge in [0.2, 0.25) is 0 Å². The summed E-state index contributed by atoms with van der Waals surface area (Å²) in [5, 5.41) is 5.78. The van der Waals surface area contributed by atoms with Crippen LogP contribution in [0.25, 0.3) is 0 Å². The Hall–Kier alpha value is -1.03. The topological polar surface area (TPSA) is 41.1 Å². The summed E-state index contributed by atoms with van der Waals surface area (Å²) >= 11 is 3.39. The van der Waals surface area contributed by atoms with E-state index in [1.165, 1.54) is 0 Å². The number of benzene rings is 1. The normalized spacial score (nSPS) is 13.0. The Morgan fingerprint density at radius 1 is 1.24 bits per heavy atom. The van der Waals surface area contributed by atoms with Gasteiger partial charge in [-0.25, -0.2) is 4.79 Å². The summed E-state index contributed by atoms with van der Waals surface area (Å²) in [5.74, 6) is 0. The second-order valence-corrected chi connectivity index (χ2v) is 6.04. The van der Waals surface area contributed by atoms with Gasteiger partial charge in [0, 0.05) is 10.0 Å². The maximum Gasteiger partial charge on any atom is 0.315 e. The molecule has 0 aliphatic rings. The van der Waals surface area contributed by atoms with E-state index in [4.69, 9.17) is 0 Å². The Morgan fingerprint density at radius 3 is 2.24 bits per heavy atom. The van der Waals surface area contributed by atoms with Crippen LogP contribution in [0.3, 0.4) is 0 Å². The molecule has 0 saturated carbocycles. The molecule has 1 aromatic rings. The fraction of sp³-hybridized carbons (Fsp3) is 0.462. The van der Waals surface area contributed by atoms with Gasteiger partial charge in [0.1, 0.15) is 0 Å². The zero-order valence-electron chi connectivity index (χ0n) is 10.7. The molecule has 0 heterocycles. The number of carbonyl (C=O) groups excluding carboxylic acids is 1. The van der Waals surface area contributed by atoms with Crippen molar-refractivity contribution in [3.8, 4) is 0 Å². The first-order valence-corrected chi connectivity index (χ1v) is 6.41. The maximum atomic E-state index is 11.7. The van der Waals surface area contributed by atoms with Crippen LogP contribution in [-0.2, 0) is 0 Å². The van der Waals surface area contributed by atoms with Crippen molar-refractivity contribution in [2.75, 3.05) is 0 Å². The van der Waals surface area contributed by atoms with Gasteiger partial charge in [0.25, 0.3) is 0 Å². The predicted molar refractivity (Wildman–Crippen MR) is 74.0 cm³/mol. The van der Waals surface area contributed by atoms with Crippen LogP contribution in [0, 0.1) is 0 Å². The zero-order valence-corrected chi connectivity index (χ0v) is 12.3. The molecule has 2 N–H and O–H groups in total. The third kappa shape index (κ3) is 5.22. The van der Waals surface area contributed by atoms with Crippen LogP contribution in [0.15, 0.2) is 28.7 Å². The van der Waals surface area contributed by atoms with E-state index in [1.807, 2.05) is 52.0 Å². The molecule has 0 bridgehead atoms. The van der Waals surface area contributed by atoms with Crippen molar-refractivity contribution >= 4 is 22.0 Å². The zero-order chi connectivity index (χ0) is 13.1. The molecule has 3 nitrogen and oxygen atoms in total. The average molecular weight is 299 g/mol. The lowest BCUT2D eigenvalue weighted by molar-refractivity contribution is 0.229. The fourth-order valence-corrected chi connectivity index (χ4v) is 1.67. The molecule has 0 aliphatic carbocycles. The number of halogens is 1. The van der Waals surface area contributed by atoms with Gasteiger partial charge in [-0.3, -0.25) is 0 Å². The summed E-state index contributed by atoms with van der Waals surface area (Å²) in [5.41, 5.74) is 0.862. The Bertz CT molecular complexity index is 381. The van der Waals surface area contributed by atoms with Crippen LogP contribution in [0.2, 0.25) is 0 Å². The number of carbonyl (C=O) groups is 1. The van der Waals surface area contributed by atoms with E-state index in [-0.39, 0.29) is 17.6 Å². The molecule has 0 aliphatic heterocycles. The Kier molecular flexibility index (Phi) is 4.57. The van der Waals surface area contributed by atoms with Gasteiger partial charge in [0.15, 0.2) is 0 Å². The van der Waals surface area contributed by atoms with Crippen LogP contribution >= 0.6 is 15.9 Å². The number of urea groups is 1. The molecular weight excluding hydrogens is 280 g/mol. The molecule has 4 heteroatoms. The highest BCUT2D eigenvalue weighted by Gasteiger charge is 2.15. The highest BCUT2D eigenvalue weighted by molar-refractivity contribution is 9.10. The first-order valence-electron chi connectivity index (χ1n) is 5.62. The smallest absolute Gasteiger partial charge is 0.315 e. The molecule has 0 saturated heterocycles. The predicted octanol–water partition coefficient (Wildman–Crippen LogP) is 3.61. The monoisotopic (exact) mass is 298 g/mol. The van der Waals surface area contributed by atoms with Crippen molar-refractivity contribution in [2.45, 2.75) is 39.3 Å². The highest BCUT2D eigenvalue weighted by atomic mass is 79.9. The lowest BCUT2D eigenvalue weighted by Gasteiger charge is -2.23. The third-order valence-corrected chi connectivity index (χ3v) is 2.73. The highest BCUT2D eigenvalue weighted by Crippen LogP contribution is 2.16. The fourth-order valence-electron chi connectivity index (χ4n) is 1.41. The molecule has 2 amide bonds. The number of amides is 2. The average Bonchev–Trinajstić information content (AvgIpc) is 2.15. The lowest BCUT2D eigenvalue weighted by atomic mass is 10.1. The molecule has 0 fully saturated rings. The standard InChI is InChI=1S/C13H19BrN2O/c1-9(10-5-7-11(14)8-6-10)15-12(17)16-13(2,3)4/h5-9H,1-4H3,(H2,15,16,17)/t9-/m1/s1. The van der Waals surface area contributed by atoms with Gasteiger partial charge in [-0.05, 0) is 45.4 Å². The minimum absolute atomic E-state index is 0.00884. The van der Waals surface area contributed by atoms with Crippen LogP contribution in [0.5, 0.6) is 0 Å². The summed E-state index contributed by atoms with van der Waals surface area (Å²) in [6, 6.07) is 7.76. The second-order valence-electron chi connectivity index (χ2n) is 5.12. The van der Waals surface area contributed by atoms with Crippen molar-refractivity contribution in [2.24, 2.45) is 0 Å². The summed E-state index contributed by atoms with van der Waals surface area (Å²) in [7, 11) is 0. The summed E-state index contributed by atoms with van der Waals surface area (Å²) in [4.78, 5) is 11.7. The molecule has 1 atom stereocenters. The van der Waals surface area contributed by atoms with E-state index in [0.29, 0.717) is 0 Å². The number of hydrogen-bond acceptors (Lipinski definition) is 1. The van der Waals surface area contributed by atoms with E-state index >= 15 is 0 Å². The van der Waals surface area contributed by atoms with Crippen molar-refractivity contribution < 1.29 is 4.79 Å². The molecule has 0 radical (unpaired) electrons. The first kappa shape index (κ1) is 14.0. The summed E-state index contributed by atoms with van der Waals surface area (Å²) in [6.45, 7) is 7.83. The maximum absolute atomic E-state index is 11.7. The Labute approximate surface area is 111 Å². The Morgan fingerprint density at radius 2 is 1.76 bits per heavy atom. The Balaban J connectivity index is 2.57. The first-order chi connectivity index (χ1) is 7.78. The van der Waals surface area contributed by atoms with Crippen LogP contribution < -0.4 is 10.6 Å². The van der Waals surface area contributed by atoms with Crippen LogP contribution in [-0.4, -0.2) is 11.6 Å². The molecule has 0 unspecified atom stereocenters. The van der Waals surface area contributed by atoms with Gasteiger partial charge < -0.3 is 10.6 Å². The quantitative estimate of drug-likeness (QED) is 0.860. The number of nitrogens with one attached hydrogen (secondary N) is 2. The van der Waals surface area contributed by atoms with Crippen molar-refractivity contribution in [3.05, 3.63) is 34.3 Å². The van der Waals surface area contributed by atoms with Gasteiger partial charge >= 0.3 is 6.03 Å². The van der Waals surface area contributed by atoms with Crippen LogP contribution in [0.4, 0.5) is 4.79 Å². The molecule has 0 aromatic heterocycles. The summed E-state index contributed by atoms with van der Waals surface area (Å²) in [6.07, 6.45) is 0. The van der Waals surface area contributed by atoms with Gasteiger partial charge in [-0.2, -0.15) is 0 Å². The van der Waals surface area contributed by atoms with Crippen molar-refractivity contribution in [1.82, 2.24) is 10.6 Å². The van der Waals surface area contributed by atoms with Gasteiger partial charge in [0.05, 0.1) is 6.04 Å². The van der Waals surface area contributed by atoms with E-state index in [0.717, 1.165) is 10.0 Å². The molecule has 0 spiro atoms. The second kappa shape index (κ2) is 5.54. The molecule has 94 valence electrons. The molecule has 17 heavy (non-hydrogen) atoms. The van der Waals surface area contributed by atoms with E-state index in [1.54, 1.807) is 0 Å². The van der Waals surface area contributed by atoms with E-state index in [9.17, 15) is 4.79 Å². The third-order valence-electron chi connectivity index (χ3n) is 2.21. The molecule has 1 rings (SSSR count). The van der Waals surface area contributed by atoms with Gasteiger partial charge in [-0.1, -0.05) is 28.1 Å². The van der Waals surface area contributed by atoms with Crippen LogP contribution in [0.1, 0.15) is 39.3 Å². The number of rotatable bonds is 2. The van der Waals surface area contributed by atoms with E-state index in [2.05, 4.69) is 26.6 Å². The van der Waals surface area contributed by atoms with Crippen molar-refractivity contribution in [1.29, 1.82) is 0 Å². The van der Waals surface area contributed by atoms with E-state index < -0.39 is 0 Å². The van der Waals surface area contributed by atoms with Gasteiger partial charge in [-0.15, -0.1) is 0 Å². The SMILES string of the molecule is C[C@@H](NC(=O)NC(C)(C)C)c1ccc(Br)cc1. The largest absolute Gasteiger partial charge is 0.334 e. The number of hydrogen-bond donors (Lipinski definition) is 2. The molecule has 1 aromatic carbocycles.